The van der Waals surface area contributed by atoms with Crippen LogP contribution >= 0.6 is 0 Å². The minimum atomic E-state index is -5.30. The average molecular weight is 498 g/mol. The average Bonchev–Trinajstić information content (AvgIpc) is 2.87. The molecule has 3 aromatic carbocycles. The molecule has 1 aliphatic heterocycles. The van der Waals surface area contributed by atoms with E-state index in [2.05, 4.69) is 10.2 Å². The summed E-state index contributed by atoms with van der Waals surface area (Å²) in [6, 6.07) is 21.2. The lowest BCUT2D eigenvalue weighted by Gasteiger charge is -2.45. The van der Waals surface area contributed by atoms with Gasteiger partial charge in [-0.3, -0.25) is 4.79 Å². The second kappa shape index (κ2) is 10.0. The number of nitrogens with zero attached hydrogens (tertiary/aromatic N) is 1. The van der Waals surface area contributed by atoms with Crippen molar-refractivity contribution >= 4 is 17.5 Å². The predicted molar refractivity (Wildman–Crippen MR) is 129 cm³/mol. The van der Waals surface area contributed by atoms with E-state index in [4.69, 9.17) is 0 Å². The summed E-state index contributed by atoms with van der Waals surface area (Å²) in [5.41, 5.74) is -1.58. The van der Waals surface area contributed by atoms with Crippen molar-refractivity contribution in [3.8, 4) is 0 Å². The maximum absolute atomic E-state index is 14.1. The van der Waals surface area contributed by atoms with Gasteiger partial charge in [0.25, 0.3) is 0 Å². The molecule has 0 unspecified atom stereocenters. The van der Waals surface area contributed by atoms with Crippen molar-refractivity contribution in [1.82, 2.24) is 10.6 Å². The van der Waals surface area contributed by atoms with E-state index >= 15 is 0 Å². The molecule has 0 bridgehead atoms. The third kappa shape index (κ3) is 4.92. The molecule has 4 rings (SSSR count). The van der Waals surface area contributed by atoms with Gasteiger partial charge in [-0.05, 0) is 30.2 Å². The summed E-state index contributed by atoms with van der Waals surface area (Å²) in [4.78, 5) is 27.6. The van der Waals surface area contributed by atoms with E-state index in [1.54, 1.807) is 35.6 Å². The van der Waals surface area contributed by atoms with Gasteiger partial charge in [-0.25, -0.2) is 4.79 Å². The summed E-state index contributed by atoms with van der Waals surface area (Å²) in [6.07, 6.45) is -5.30. The molecule has 9 heteroatoms. The van der Waals surface area contributed by atoms with Crippen molar-refractivity contribution in [2.75, 3.05) is 11.4 Å². The first kappa shape index (κ1) is 25.2. The van der Waals surface area contributed by atoms with E-state index in [9.17, 15) is 27.9 Å². The number of anilines is 1. The molecular weight excluding hydrogens is 471 g/mol. The quantitative estimate of drug-likeness (QED) is 0.409. The lowest BCUT2D eigenvalue weighted by Crippen LogP contribution is -2.72. The highest BCUT2D eigenvalue weighted by molar-refractivity contribution is 6.00. The van der Waals surface area contributed by atoms with Crippen molar-refractivity contribution in [2.45, 2.75) is 31.4 Å². The molecular formula is C27H26F3N3O3. The molecule has 1 heterocycles. The monoisotopic (exact) mass is 497 g/mol. The SMILES string of the molecule is CCN(Cc1ccccc1)c1ccc([C@@H]2NC(=O)N[C@@](O)(C(F)(F)F)[C@H]2C(=O)c2ccccc2)cc1. The van der Waals surface area contributed by atoms with Crippen molar-refractivity contribution in [3.63, 3.8) is 0 Å². The van der Waals surface area contributed by atoms with E-state index in [1.807, 2.05) is 37.3 Å². The number of amides is 2. The van der Waals surface area contributed by atoms with Crippen molar-refractivity contribution in [1.29, 1.82) is 0 Å². The van der Waals surface area contributed by atoms with Crippen LogP contribution in [0.3, 0.4) is 0 Å². The van der Waals surface area contributed by atoms with Gasteiger partial charge < -0.3 is 20.6 Å². The number of nitrogens with one attached hydrogen (secondary N) is 2. The highest BCUT2D eigenvalue weighted by Crippen LogP contribution is 2.44. The minimum absolute atomic E-state index is 0.00948. The number of rotatable bonds is 7. The van der Waals surface area contributed by atoms with Gasteiger partial charge in [-0.15, -0.1) is 0 Å². The van der Waals surface area contributed by atoms with Crippen LogP contribution in [0.15, 0.2) is 84.9 Å². The molecule has 0 aromatic heterocycles. The molecule has 1 aliphatic rings. The molecule has 1 saturated heterocycles. The van der Waals surface area contributed by atoms with E-state index in [0.717, 1.165) is 11.3 Å². The Morgan fingerprint density at radius 1 is 0.972 bits per heavy atom. The van der Waals surface area contributed by atoms with E-state index in [1.165, 1.54) is 24.3 Å². The van der Waals surface area contributed by atoms with Crippen molar-refractivity contribution in [2.24, 2.45) is 5.92 Å². The van der Waals surface area contributed by atoms with Crippen LogP contribution in [0.25, 0.3) is 0 Å². The summed E-state index contributed by atoms with van der Waals surface area (Å²) in [5, 5.41) is 14.7. The van der Waals surface area contributed by atoms with Crippen molar-refractivity contribution < 1.29 is 27.9 Å². The second-order valence-corrected chi connectivity index (χ2v) is 8.64. The zero-order chi connectivity index (χ0) is 25.9. The normalized spacial score (nSPS) is 21.9. The van der Waals surface area contributed by atoms with Gasteiger partial charge >= 0.3 is 12.2 Å². The number of carbonyl (C=O) groups is 2. The standard InChI is InChI=1S/C27H26F3N3O3/c1-2-33(17-18-9-5-3-6-10-18)21-15-13-19(14-16-21)23-22(24(34)20-11-7-4-8-12-20)26(36,27(28,29)30)32-25(35)31-23/h3-16,22-23,36H,2,17H2,1H3,(H2,31,32,35)/t22-,23+,26+/m1/s1. The number of alkyl halides is 3. The summed E-state index contributed by atoms with van der Waals surface area (Å²) in [6.45, 7) is 3.30. The lowest BCUT2D eigenvalue weighted by molar-refractivity contribution is -0.287. The minimum Gasteiger partial charge on any atom is -0.367 e. The van der Waals surface area contributed by atoms with Crippen LogP contribution < -0.4 is 15.5 Å². The number of ketones is 1. The molecule has 3 N–H and O–H groups in total. The summed E-state index contributed by atoms with van der Waals surface area (Å²) in [5.74, 6) is -3.01. The topological polar surface area (TPSA) is 81.7 Å². The third-order valence-electron chi connectivity index (χ3n) is 6.36. The van der Waals surface area contributed by atoms with Gasteiger partial charge in [0.15, 0.2) is 5.78 Å². The molecule has 1 fully saturated rings. The lowest BCUT2D eigenvalue weighted by atomic mass is 9.77. The molecule has 0 spiro atoms. The van der Waals surface area contributed by atoms with Crippen LogP contribution in [0.1, 0.15) is 34.5 Å². The number of hydrogen-bond acceptors (Lipinski definition) is 4. The Bertz CT molecular complexity index is 1200. The number of carbonyl (C=O) groups excluding carboxylic acids is 2. The number of benzene rings is 3. The Morgan fingerprint density at radius 2 is 1.56 bits per heavy atom. The largest absolute Gasteiger partial charge is 0.437 e. The van der Waals surface area contributed by atoms with Crippen LogP contribution in [0.2, 0.25) is 0 Å². The van der Waals surface area contributed by atoms with Crippen LogP contribution in [-0.2, 0) is 6.54 Å². The van der Waals surface area contributed by atoms with E-state index in [-0.39, 0.29) is 11.1 Å². The molecule has 3 atom stereocenters. The molecule has 188 valence electrons. The first-order valence-corrected chi connectivity index (χ1v) is 11.5. The van der Waals surface area contributed by atoms with Crippen LogP contribution in [-0.4, -0.2) is 35.4 Å². The van der Waals surface area contributed by atoms with E-state index < -0.39 is 35.7 Å². The fraction of sp³-hybridized carbons (Fsp3) is 0.259. The Labute approximate surface area is 206 Å². The summed E-state index contributed by atoms with van der Waals surface area (Å²) < 4.78 is 42.3. The van der Waals surface area contributed by atoms with Crippen molar-refractivity contribution in [3.05, 3.63) is 102 Å². The number of halogens is 3. The fourth-order valence-electron chi connectivity index (χ4n) is 4.48. The Hall–Kier alpha value is -3.85. The number of hydrogen-bond donors (Lipinski definition) is 3. The molecule has 0 radical (unpaired) electrons. The van der Waals surface area contributed by atoms with Crippen LogP contribution in [0.5, 0.6) is 0 Å². The zero-order valence-electron chi connectivity index (χ0n) is 19.5. The van der Waals surface area contributed by atoms with Gasteiger partial charge in [-0.1, -0.05) is 72.8 Å². The first-order chi connectivity index (χ1) is 17.1. The highest BCUT2D eigenvalue weighted by Gasteiger charge is 2.66. The predicted octanol–water partition coefficient (Wildman–Crippen LogP) is 4.82. The van der Waals surface area contributed by atoms with Crippen LogP contribution in [0.4, 0.5) is 23.7 Å². The summed E-state index contributed by atoms with van der Waals surface area (Å²) in [7, 11) is 0. The number of urea groups is 1. The maximum Gasteiger partial charge on any atom is 0.437 e. The van der Waals surface area contributed by atoms with Gasteiger partial charge in [0.05, 0.1) is 6.04 Å². The van der Waals surface area contributed by atoms with Gasteiger partial charge in [0, 0.05) is 24.3 Å². The number of Topliss-reactive ketones (excluding diaryl/α,β-unsaturated/α-hetero) is 1. The fourth-order valence-corrected chi connectivity index (χ4v) is 4.48. The maximum atomic E-state index is 14.1. The Morgan fingerprint density at radius 3 is 2.11 bits per heavy atom. The first-order valence-electron chi connectivity index (χ1n) is 11.5. The molecule has 0 aliphatic carbocycles. The van der Waals surface area contributed by atoms with Gasteiger partial charge in [0.1, 0.15) is 5.92 Å². The molecule has 3 aromatic rings. The van der Waals surface area contributed by atoms with Gasteiger partial charge in [0.2, 0.25) is 5.72 Å². The third-order valence-corrected chi connectivity index (χ3v) is 6.36. The molecule has 6 nitrogen and oxygen atoms in total. The molecule has 2 amide bonds. The Balaban J connectivity index is 1.70. The summed E-state index contributed by atoms with van der Waals surface area (Å²) >= 11 is 0. The molecule has 0 saturated carbocycles. The smallest absolute Gasteiger partial charge is 0.367 e. The van der Waals surface area contributed by atoms with Gasteiger partial charge in [-0.2, -0.15) is 13.2 Å². The number of aliphatic hydroxyl groups is 1. The van der Waals surface area contributed by atoms with Crippen LogP contribution in [0, 0.1) is 5.92 Å². The van der Waals surface area contributed by atoms with E-state index in [0.29, 0.717) is 13.1 Å². The molecule has 36 heavy (non-hydrogen) atoms. The Kier molecular flexibility index (Phi) is 7.03. The second-order valence-electron chi connectivity index (χ2n) is 8.64. The highest BCUT2D eigenvalue weighted by atomic mass is 19.4. The zero-order valence-corrected chi connectivity index (χ0v) is 19.5.